The monoisotopic (exact) mass is 299 g/mol. The molecule has 0 heterocycles. The number of nitriles is 1. The standard InChI is InChI=1S/C9H3BrF5N/c10-7-4(3-16)1-2-5(9(13,14)15)6(7)8(11)12/h1-2,8H. The van der Waals surface area contributed by atoms with E-state index in [0.29, 0.717) is 6.07 Å². The average molecular weight is 300 g/mol. The first-order valence-electron chi connectivity index (χ1n) is 3.87. The van der Waals surface area contributed by atoms with Crippen LogP contribution < -0.4 is 0 Å². The Bertz CT molecular complexity index is 446. The van der Waals surface area contributed by atoms with Crippen LogP contribution in [-0.2, 0) is 6.18 Å². The lowest BCUT2D eigenvalue weighted by atomic mass is 10.0. The van der Waals surface area contributed by atoms with Crippen molar-refractivity contribution in [3.05, 3.63) is 33.3 Å². The van der Waals surface area contributed by atoms with E-state index in [1.165, 1.54) is 6.07 Å². The van der Waals surface area contributed by atoms with Crippen molar-refractivity contribution in [2.45, 2.75) is 12.6 Å². The molecule has 0 aliphatic rings. The van der Waals surface area contributed by atoms with E-state index in [1.807, 2.05) is 0 Å². The van der Waals surface area contributed by atoms with Gasteiger partial charge in [0.05, 0.1) is 11.1 Å². The minimum atomic E-state index is -4.87. The minimum absolute atomic E-state index is 0.261. The third kappa shape index (κ3) is 2.32. The van der Waals surface area contributed by atoms with Gasteiger partial charge in [-0.05, 0) is 28.1 Å². The van der Waals surface area contributed by atoms with E-state index in [1.54, 1.807) is 0 Å². The average Bonchev–Trinajstić information content (AvgIpc) is 2.15. The Kier molecular flexibility index (Phi) is 3.53. The van der Waals surface area contributed by atoms with Crippen molar-refractivity contribution >= 4 is 15.9 Å². The van der Waals surface area contributed by atoms with Gasteiger partial charge in [-0.1, -0.05) is 0 Å². The van der Waals surface area contributed by atoms with Crippen molar-refractivity contribution in [2.24, 2.45) is 0 Å². The molecule has 1 rings (SSSR count). The Morgan fingerprint density at radius 1 is 1.25 bits per heavy atom. The summed E-state index contributed by atoms with van der Waals surface area (Å²) >= 11 is 2.58. The summed E-state index contributed by atoms with van der Waals surface area (Å²) in [7, 11) is 0. The lowest BCUT2D eigenvalue weighted by Gasteiger charge is -2.14. The van der Waals surface area contributed by atoms with Gasteiger partial charge in [0.2, 0.25) is 0 Å². The zero-order valence-electron chi connectivity index (χ0n) is 7.45. The van der Waals surface area contributed by atoms with Crippen LogP contribution in [0.25, 0.3) is 0 Å². The fraction of sp³-hybridized carbons (Fsp3) is 0.222. The van der Waals surface area contributed by atoms with E-state index < -0.39 is 28.2 Å². The van der Waals surface area contributed by atoms with E-state index in [0.717, 1.165) is 6.07 Å². The molecule has 0 N–H and O–H groups in total. The highest BCUT2D eigenvalue weighted by atomic mass is 79.9. The van der Waals surface area contributed by atoms with Crippen molar-refractivity contribution in [3.8, 4) is 6.07 Å². The van der Waals surface area contributed by atoms with Crippen LogP contribution in [0.3, 0.4) is 0 Å². The molecule has 0 amide bonds. The highest BCUT2D eigenvalue weighted by molar-refractivity contribution is 9.10. The highest BCUT2D eigenvalue weighted by Gasteiger charge is 2.37. The van der Waals surface area contributed by atoms with Crippen LogP contribution in [0.2, 0.25) is 0 Å². The summed E-state index contributed by atoms with van der Waals surface area (Å²) in [5.74, 6) is 0. The first-order chi connectivity index (χ1) is 7.29. The minimum Gasteiger partial charge on any atom is -0.205 e. The molecule has 1 aromatic carbocycles. The van der Waals surface area contributed by atoms with E-state index in [-0.39, 0.29) is 5.56 Å². The highest BCUT2D eigenvalue weighted by Crippen LogP contribution is 2.41. The topological polar surface area (TPSA) is 23.8 Å². The van der Waals surface area contributed by atoms with Gasteiger partial charge in [0.1, 0.15) is 6.07 Å². The van der Waals surface area contributed by atoms with Gasteiger partial charge < -0.3 is 0 Å². The summed E-state index contributed by atoms with van der Waals surface area (Å²) in [6.45, 7) is 0. The Balaban J connectivity index is 3.55. The molecule has 0 radical (unpaired) electrons. The fourth-order valence-corrected chi connectivity index (χ4v) is 1.75. The van der Waals surface area contributed by atoms with Gasteiger partial charge >= 0.3 is 6.18 Å². The van der Waals surface area contributed by atoms with Gasteiger partial charge in [0.15, 0.2) is 0 Å². The second kappa shape index (κ2) is 4.37. The summed E-state index contributed by atoms with van der Waals surface area (Å²) in [6, 6.07) is 2.84. The zero-order chi connectivity index (χ0) is 12.5. The van der Waals surface area contributed by atoms with Gasteiger partial charge in [-0.3, -0.25) is 0 Å². The molecule has 0 fully saturated rings. The molecule has 0 bridgehead atoms. The Morgan fingerprint density at radius 3 is 2.19 bits per heavy atom. The third-order valence-corrected chi connectivity index (χ3v) is 2.68. The largest absolute Gasteiger partial charge is 0.416 e. The summed E-state index contributed by atoms with van der Waals surface area (Å²) in [5, 5.41) is 8.51. The summed E-state index contributed by atoms with van der Waals surface area (Å²) in [6.07, 6.45) is -8.18. The fourth-order valence-electron chi connectivity index (χ4n) is 1.14. The number of nitrogens with zero attached hydrogens (tertiary/aromatic N) is 1. The molecule has 0 saturated heterocycles. The molecule has 0 aliphatic carbocycles. The molecule has 0 atom stereocenters. The zero-order valence-corrected chi connectivity index (χ0v) is 9.03. The molecule has 0 aliphatic heterocycles. The van der Waals surface area contributed by atoms with E-state index in [2.05, 4.69) is 15.9 Å². The molecule has 0 saturated carbocycles. The van der Waals surface area contributed by atoms with Gasteiger partial charge in [-0.15, -0.1) is 0 Å². The maximum absolute atomic E-state index is 12.5. The van der Waals surface area contributed by atoms with Crippen LogP contribution in [0.5, 0.6) is 0 Å². The summed E-state index contributed by atoms with van der Waals surface area (Å²) < 4.78 is 61.6. The first-order valence-corrected chi connectivity index (χ1v) is 4.66. The van der Waals surface area contributed by atoms with Crippen molar-refractivity contribution in [1.29, 1.82) is 5.26 Å². The second-order valence-corrected chi connectivity index (χ2v) is 3.59. The second-order valence-electron chi connectivity index (χ2n) is 2.80. The van der Waals surface area contributed by atoms with Crippen LogP contribution in [0.15, 0.2) is 16.6 Å². The molecular weight excluding hydrogens is 297 g/mol. The molecule has 86 valence electrons. The van der Waals surface area contributed by atoms with Gasteiger partial charge in [-0.25, -0.2) is 8.78 Å². The molecular formula is C9H3BrF5N. The van der Waals surface area contributed by atoms with Gasteiger partial charge in [-0.2, -0.15) is 18.4 Å². The quantitative estimate of drug-likeness (QED) is 0.710. The van der Waals surface area contributed by atoms with Crippen LogP contribution in [-0.4, -0.2) is 0 Å². The predicted molar refractivity (Wildman–Crippen MR) is 48.8 cm³/mol. The number of rotatable bonds is 1. The van der Waals surface area contributed by atoms with Gasteiger partial charge in [0, 0.05) is 10.0 Å². The number of hydrogen-bond acceptors (Lipinski definition) is 1. The summed E-state index contributed by atoms with van der Waals surface area (Å²) in [5.41, 5.74) is -2.90. The molecule has 0 aromatic heterocycles. The lowest BCUT2D eigenvalue weighted by molar-refractivity contribution is -0.139. The lowest BCUT2D eigenvalue weighted by Crippen LogP contribution is -2.10. The van der Waals surface area contributed by atoms with Crippen LogP contribution in [0.1, 0.15) is 23.1 Å². The Hall–Kier alpha value is -1.16. The van der Waals surface area contributed by atoms with E-state index in [4.69, 9.17) is 5.26 Å². The third-order valence-electron chi connectivity index (χ3n) is 1.82. The smallest absolute Gasteiger partial charge is 0.205 e. The number of alkyl halides is 5. The number of benzene rings is 1. The van der Waals surface area contributed by atoms with Crippen molar-refractivity contribution in [2.75, 3.05) is 0 Å². The number of halogens is 6. The van der Waals surface area contributed by atoms with Crippen LogP contribution in [0, 0.1) is 11.3 Å². The van der Waals surface area contributed by atoms with Gasteiger partial charge in [0.25, 0.3) is 6.43 Å². The SMILES string of the molecule is N#Cc1ccc(C(F)(F)F)c(C(F)F)c1Br. The maximum atomic E-state index is 12.5. The molecule has 1 nitrogen and oxygen atoms in total. The Morgan fingerprint density at radius 2 is 1.81 bits per heavy atom. The van der Waals surface area contributed by atoms with E-state index in [9.17, 15) is 22.0 Å². The molecule has 0 unspecified atom stereocenters. The van der Waals surface area contributed by atoms with Crippen molar-refractivity contribution in [1.82, 2.24) is 0 Å². The molecule has 16 heavy (non-hydrogen) atoms. The maximum Gasteiger partial charge on any atom is 0.416 e. The molecule has 0 spiro atoms. The van der Waals surface area contributed by atoms with Crippen molar-refractivity contribution < 1.29 is 22.0 Å². The first kappa shape index (κ1) is 12.9. The molecule has 7 heteroatoms. The predicted octanol–water partition coefficient (Wildman–Crippen LogP) is 4.28. The van der Waals surface area contributed by atoms with Crippen molar-refractivity contribution in [3.63, 3.8) is 0 Å². The molecule has 1 aromatic rings. The van der Waals surface area contributed by atoms with Crippen LogP contribution >= 0.6 is 15.9 Å². The number of hydrogen-bond donors (Lipinski definition) is 0. The van der Waals surface area contributed by atoms with E-state index >= 15 is 0 Å². The normalized spacial score (nSPS) is 11.6. The summed E-state index contributed by atoms with van der Waals surface area (Å²) in [4.78, 5) is 0. The Labute approximate surface area is 95.6 Å². The van der Waals surface area contributed by atoms with Crippen LogP contribution in [0.4, 0.5) is 22.0 Å².